The van der Waals surface area contributed by atoms with Crippen LogP contribution in [0, 0.1) is 13.8 Å². The standard InChI is InChI=1S/C12H15N3/c1-8-5-4-6-10(9(8)2)11-7-12(13)15(3)14-11/h4-7H,13H2,1-3H3. The number of nitrogens with two attached hydrogens (primary N) is 1. The van der Waals surface area contributed by atoms with Crippen LogP contribution in [0.1, 0.15) is 11.1 Å². The van der Waals surface area contributed by atoms with E-state index in [0.29, 0.717) is 5.82 Å². The van der Waals surface area contributed by atoms with Gasteiger partial charge in [-0.25, -0.2) is 0 Å². The zero-order chi connectivity index (χ0) is 11.0. The third-order valence-corrected chi connectivity index (χ3v) is 2.80. The molecule has 0 aliphatic heterocycles. The van der Waals surface area contributed by atoms with Gasteiger partial charge in [0.1, 0.15) is 5.82 Å². The highest BCUT2D eigenvalue weighted by Gasteiger charge is 2.08. The molecule has 15 heavy (non-hydrogen) atoms. The lowest BCUT2D eigenvalue weighted by molar-refractivity contribution is 0.782. The van der Waals surface area contributed by atoms with Gasteiger partial charge < -0.3 is 5.73 Å². The second kappa shape index (κ2) is 3.42. The van der Waals surface area contributed by atoms with Crippen LogP contribution in [0.3, 0.4) is 0 Å². The monoisotopic (exact) mass is 201 g/mol. The van der Waals surface area contributed by atoms with E-state index < -0.39 is 0 Å². The van der Waals surface area contributed by atoms with Crippen LogP contribution < -0.4 is 5.73 Å². The Morgan fingerprint density at radius 3 is 2.60 bits per heavy atom. The van der Waals surface area contributed by atoms with Crippen molar-refractivity contribution in [1.82, 2.24) is 9.78 Å². The molecule has 0 bridgehead atoms. The Kier molecular flexibility index (Phi) is 2.23. The summed E-state index contributed by atoms with van der Waals surface area (Å²) in [6.45, 7) is 4.21. The third-order valence-electron chi connectivity index (χ3n) is 2.80. The van der Waals surface area contributed by atoms with Gasteiger partial charge in [0, 0.05) is 18.7 Å². The fourth-order valence-corrected chi connectivity index (χ4v) is 1.64. The Bertz CT molecular complexity index is 478. The minimum absolute atomic E-state index is 0.686. The molecule has 3 nitrogen and oxygen atoms in total. The number of benzene rings is 1. The normalized spacial score (nSPS) is 10.6. The molecule has 0 saturated carbocycles. The largest absolute Gasteiger partial charge is 0.384 e. The molecule has 0 radical (unpaired) electrons. The molecule has 0 unspecified atom stereocenters. The number of hydrogen-bond acceptors (Lipinski definition) is 2. The maximum atomic E-state index is 5.77. The molecule has 2 N–H and O–H groups in total. The van der Waals surface area contributed by atoms with E-state index in [-0.39, 0.29) is 0 Å². The molecular formula is C12H15N3. The summed E-state index contributed by atoms with van der Waals surface area (Å²) in [6, 6.07) is 8.12. The number of anilines is 1. The van der Waals surface area contributed by atoms with Crippen molar-refractivity contribution in [3.8, 4) is 11.3 Å². The molecule has 0 amide bonds. The first kappa shape index (κ1) is 9.77. The van der Waals surface area contributed by atoms with E-state index >= 15 is 0 Å². The maximum absolute atomic E-state index is 5.77. The first-order chi connectivity index (χ1) is 7.09. The number of aryl methyl sites for hydroxylation is 2. The highest BCUT2D eigenvalue weighted by Crippen LogP contribution is 2.25. The zero-order valence-corrected chi connectivity index (χ0v) is 9.28. The van der Waals surface area contributed by atoms with Crippen molar-refractivity contribution in [2.45, 2.75) is 13.8 Å². The quantitative estimate of drug-likeness (QED) is 0.769. The second-order valence-electron chi connectivity index (χ2n) is 3.83. The molecule has 0 aliphatic carbocycles. The van der Waals surface area contributed by atoms with Crippen LogP contribution in [0.2, 0.25) is 0 Å². The predicted octanol–water partition coefficient (Wildman–Crippen LogP) is 2.29. The fourth-order valence-electron chi connectivity index (χ4n) is 1.64. The van der Waals surface area contributed by atoms with Crippen LogP contribution >= 0.6 is 0 Å². The van der Waals surface area contributed by atoms with Gasteiger partial charge in [0.05, 0.1) is 5.69 Å². The van der Waals surface area contributed by atoms with E-state index in [0.717, 1.165) is 11.3 Å². The second-order valence-corrected chi connectivity index (χ2v) is 3.83. The van der Waals surface area contributed by atoms with Crippen molar-refractivity contribution in [3.63, 3.8) is 0 Å². The molecule has 0 atom stereocenters. The molecule has 0 saturated heterocycles. The molecule has 78 valence electrons. The van der Waals surface area contributed by atoms with Gasteiger partial charge in [0.15, 0.2) is 0 Å². The molecule has 0 aliphatic rings. The minimum Gasteiger partial charge on any atom is -0.384 e. The van der Waals surface area contributed by atoms with Crippen molar-refractivity contribution >= 4 is 5.82 Å². The van der Waals surface area contributed by atoms with Gasteiger partial charge in [0.25, 0.3) is 0 Å². The van der Waals surface area contributed by atoms with Crippen LogP contribution in [-0.2, 0) is 7.05 Å². The summed E-state index contributed by atoms with van der Waals surface area (Å²) >= 11 is 0. The molecule has 2 rings (SSSR count). The van der Waals surface area contributed by atoms with E-state index in [4.69, 9.17) is 5.73 Å². The Balaban J connectivity index is 2.59. The lowest BCUT2D eigenvalue weighted by Gasteiger charge is -2.04. The minimum atomic E-state index is 0.686. The summed E-state index contributed by atoms with van der Waals surface area (Å²) in [6.07, 6.45) is 0. The van der Waals surface area contributed by atoms with Gasteiger partial charge >= 0.3 is 0 Å². The van der Waals surface area contributed by atoms with Crippen LogP contribution in [0.4, 0.5) is 5.82 Å². The highest BCUT2D eigenvalue weighted by molar-refractivity contribution is 5.67. The van der Waals surface area contributed by atoms with Gasteiger partial charge in [-0.05, 0) is 25.0 Å². The van der Waals surface area contributed by atoms with E-state index in [1.165, 1.54) is 11.1 Å². The van der Waals surface area contributed by atoms with Crippen LogP contribution in [-0.4, -0.2) is 9.78 Å². The van der Waals surface area contributed by atoms with Gasteiger partial charge in [-0.2, -0.15) is 5.10 Å². The molecule has 0 fully saturated rings. The molecule has 3 heteroatoms. The summed E-state index contributed by atoms with van der Waals surface area (Å²) in [5.74, 6) is 0.686. The van der Waals surface area contributed by atoms with Gasteiger partial charge in [0.2, 0.25) is 0 Å². The van der Waals surface area contributed by atoms with E-state index in [9.17, 15) is 0 Å². The van der Waals surface area contributed by atoms with Crippen molar-refractivity contribution in [2.75, 3.05) is 5.73 Å². The lowest BCUT2D eigenvalue weighted by Crippen LogP contribution is -1.96. The van der Waals surface area contributed by atoms with Crippen LogP contribution in [0.15, 0.2) is 24.3 Å². The first-order valence-corrected chi connectivity index (χ1v) is 4.95. The number of nitrogen functional groups attached to an aromatic ring is 1. The average molecular weight is 201 g/mol. The smallest absolute Gasteiger partial charge is 0.121 e. The lowest BCUT2D eigenvalue weighted by atomic mass is 10.0. The summed E-state index contributed by atoms with van der Waals surface area (Å²) < 4.78 is 1.69. The van der Waals surface area contributed by atoms with Crippen LogP contribution in [0.25, 0.3) is 11.3 Å². The van der Waals surface area contributed by atoms with Crippen molar-refractivity contribution in [3.05, 3.63) is 35.4 Å². The Hall–Kier alpha value is -1.77. The van der Waals surface area contributed by atoms with Crippen LogP contribution in [0.5, 0.6) is 0 Å². The average Bonchev–Trinajstić information content (AvgIpc) is 2.51. The van der Waals surface area contributed by atoms with Crippen molar-refractivity contribution in [1.29, 1.82) is 0 Å². The molecule has 0 spiro atoms. The van der Waals surface area contributed by atoms with Crippen molar-refractivity contribution in [2.24, 2.45) is 7.05 Å². The summed E-state index contributed by atoms with van der Waals surface area (Å²) in [7, 11) is 1.85. The van der Waals surface area contributed by atoms with Crippen molar-refractivity contribution < 1.29 is 0 Å². The van der Waals surface area contributed by atoms with E-state index in [2.05, 4.69) is 31.1 Å². The third kappa shape index (κ3) is 1.61. The molecule has 1 aromatic heterocycles. The summed E-state index contributed by atoms with van der Waals surface area (Å²) in [5.41, 5.74) is 10.4. The molecule has 1 heterocycles. The zero-order valence-electron chi connectivity index (χ0n) is 9.28. The Morgan fingerprint density at radius 2 is 2.00 bits per heavy atom. The maximum Gasteiger partial charge on any atom is 0.121 e. The van der Waals surface area contributed by atoms with E-state index in [1.807, 2.05) is 19.2 Å². The number of rotatable bonds is 1. The van der Waals surface area contributed by atoms with Gasteiger partial charge in [-0.3, -0.25) is 4.68 Å². The molecular weight excluding hydrogens is 186 g/mol. The SMILES string of the molecule is Cc1cccc(-c2cc(N)n(C)n2)c1C. The topological polar surface area (TPSA) is 43.8 Å². The summed E-state index contributed by atoms with van der Waals surface area (Å²) in [5, 5.41) is 4.37. The fraction of sp³-hybridized carbons (Fsp3) is 0.250. The summed E-state index contributed by atoms with van der Waals surface area (Å²) in [4.78, 5) is 0. The van der Waals surface area contributed by atoms with Gasteiger partial charge in [-0.15, -0.1) is 0 Å². The van der Waals surface area contributed by atoms with Gasteiger partial charge in [-0.1, -0.05) is 18.2 Å². The number of hydrogen-bond donors (Lipinski definition) is 1. The first-order valence-electron chi connectivity index (χ1n) is 4.95. The highest BCUT2D eigenvalue weighted by atomic mass is 15.3. The number of aromatic nitrogens is 2. The Labute approximate surface area is 89.5 Å². The Morgan fingerprint density at radius 1 is 1.27 bits per heavy atom. The molecule has 2 aromatic rings. The molecule has 1 aromatic carbocycles. The predicted molar refractivity (Wildman–Crippen MR) is 62.5 cm³/mol. The van der Waals surface area contributed by atoms with E-state index in [1.54, 1.807) is 4.68 Å². The number of nitrogens with zero attached hydrogens (tertiary/aromatic N) is 2.